The summed E-state index contributed by atoms with van der Waals surface area (Å²) in [6.45, 7) is 0. The van der Waals surface area contributed by atoms with Crippen LogP contribution >= 0.6 is 22.9 Å². The highest BCUT2D eigenvalue weighted by Gasteiger charge is 2.19. The molecule has 0 aliphatic rings. The van der Waals surface area contributed by atoms with Crippen LogP contribution in [0, 0.1) is 0 Å². The van der Waals surface area contributed by atoms with Gasteiger partial charge in [0.05, 0.1) is 10.2 Å². The molecule has 0 unspecified atom stereocenters. The molecule has 2 aromatic heterocycles. The van der Waals surface area contributed by atoms with E-state index in [1.54, 1.807) is 11.3 Å². The molecule has 0 saturated heterocycles. The Labute approximate surface area is 181 Å². The summed E-state index contributed by atoms with van der Waals surface area (Å²) in [5, 5.41) is 11.6. The first kappa shape index (κ1) is 16.6. The van der Waals surface area contributed by atoms with Gasteiger partial charge < -0.3 is 0 Å². The maximum atomic E-state index is 6.81. The maximum Gasteiger partial charge on any atom is 0.147 e. The predicted octanol–water partition coefficient (Wildman–Crippen LogP) is 8.72. The summed E-state index contributed by atoms with van der Waals surface area (Å²) < 4.78 is 2.34. The maximum absolute atomic E-state index is 6.81. The minimum atomic E-state index is 0.586. The van der Waals surface area contributed by atoms with Gasteiger partial charge in [-0.05, 0) is 26.9 Å². The minimum absolute atomic E-state index is 0.586. The topological polar surface area (TPSA) is 12.9 Å². The lowest BCUT2D eigenvalue weighted by molar-refractivity contribution is 1.47. The van der Waals surface area contributed by atoms with Crippen molar-refractivity contribution in [1.29, 1.82) is 0 Å². The van der Waals surface area contributed by atoms with Gasteiger partial charge in [-0.25, -0.2) is 4.98 Å². The van der Waals surface area contributed by atoms with Crippen LogP contribution in [0.3, 0.4) is 0 Å². The van der Waals surface area contributed by atoms with Gasteiger partial charge in [0.25, 0.3) is 0 Å². The molecule has 0 amide bonds. The second-order valence-corrected chi connectivity index (χ2v) is 9.07. The van der Waals surface area contributed by atoms with E-state index in [1.165, 1.54) is 47.8 Å². The number of thiophene rings is 1. The van der Waals surface area contributed by atoms with E-state index in [1.807, 2.05) is 0 Å². The van der Waals surface area contributed by atoms with Crippen LogP contribution in [0.25, 0.3) is 63.4 Å². The van der Waals surface area contributed by atoms with E-state index in [0.717, 1.165) is 15.6 Å². The lowest BCUT2D eigenvalue weighted by Crippen LogP contribution is -1.88. The summed E-state index contributed by atoms with van der Waals surface area (Å²) in [7, 11) is 0. The third-order valence-electron chi connectivity index (χ3n) is 6.13. The lowest BCUT2D eigenvalue weighted by atomic mass is 9.94. The standard InChI is InChI=1S/C27H14ClNS/c28-27-26-23(21-14-13-15-7-1-2-8-16(15)25(21)30-26)22-19-11-5-3-9-17(19)18-10-4-6-12-20(18)24(22)29-27/h1-14H. The van der Waals surface area contributed by atoms with Crippen molar-refractivity contribution in [3.8, 4) is 0 Å². The van der Waals surface area contributed by atoms with Gasteiger partial charge in [-0.1, -0.05) is 96.5 Å². The van der Waals surface area contributed by atoms with E-state index in [9.17, 15) is 0 Å². The van der Waals surface area contributed by atoms with Gasteiger partial charge in [0, 0.05) is 26.2 Å². The number of hydrogen-bond acceptors (Lipinski definition) is 2. The molecule has 30 heavy (non-hydrogen) atoms. The molecule has 0 fully saturated rings. The SMILES string of the molecule is Clc1nc2c3ccccc3c3ccccc3c2c2c1sc1c3ccccc3ccc12. The van der Waals surface area contributed by atoms with Crippen LogP contribution in [0.15, 0.2) is 84.9 Å². The highest BCUT2D eigenvalue weighted by molar-refractivity contribution is 7.27. The molecule has 7 aromatic rings. The fourth-order valence-electron chi connectivity index (χ4n) is 4.86. The highest BCUT2D eigenvalue weighted by atomic mass is 35.5. The molecule has 140 valence electrons. The molecule has 0 bridgehead atoms. The van der Waals surface area contributed by atoms with Crippen LogP contribution in [0.5, 0.6) is 0 Å². The third-order valence-corrected chi connectivity index (χ3v) is 7.76. The van der Waals surface area contributed by atoms with Crippen LogP contribution in [0.1, 0.15) is 0 Å². The first-order valence-corrected chi connectivity index (χ1v) is 11.1. The summed E-state index contributed by atoms with van der Waals surface area (Å²) >= 11 is 8.56. The lowest BCUT2D eigenvalue weighted by Gasteiger charge is -2.11. The molecule has 2 heterocycles. The largest absolute Gasteiger partial charge is 0.234 e. The van der Waals surface area contributed by atoms with Crippen molar-refractivity contribution in [2.24, 2.45) is 0 Å². The summed E-state index contributed by atoms with van der Waals surface area (Å²) in [6.07, 6.45) is 0. The number of nitrogens with zero attached hydrogens (tertiary/aromatic N) is 1. The molecule has 7 rings (SSSR count). The van der Waals surface area contributed by atoms with Crippen molar-refractivity contribution in [3.63, 3.8) is 0 Å². The van der Waals surface area contributed by atoms with E-state index in [4.69, 9.17) is 16.6 Å². The van der Waals surface area contributed by atoms with E-state index < -0.39 is 0 Å². The van der Waals surface area contributed by atoms with E-state index in [2.05, 4.69) is 84.9 Å². The van der Waals surface area contributed by atoms with Gasteiger partial charge in [-0.15, -0.1) is 11.3 Å². The Hall–Kier alpha value is -3.20. The van der Waals surface area contributed by atoms with Crippen molar-refractivity contribution in [3.05, 3.63) is 90.1 Å². The highest BCUT2D eigenvalue weighted by Crippen LogP contribution is 2.47. The Kier molecular flexibility index (Phi) is 3.27. The van der Waals surface area contributed by atoms with Crippen LogP contribution in [0.2, 0.25) is 5.15 Å². The van der Waals surface area contributed by atoms with Crippen LogP contribution in [-0.2, 0) is 0 Å². The zero-order valence-electron chi connectivity index (χ0n) is 15.8. The number of aromatic nitrogens is 1. The molecule has 0 saturated carbocycles. The number of pyridine rings is 1. The molecular formula is C27H14ClNS. The van der Waals surface area contributed by atoms with Gasteiger partial charge in [0.1, 0.15) is 5.15 Å². The smallest absolute Gasteiger partial charge is 0.147 e. The Balaban J connectivity index is 1.87. The Morgan fingerprint density at radius 2 is 1.17 bits per heavy atom. The quantitative estimate of drug-likeness (QED) is 0.177. The Morgan fingerprint density at radius 3 is 1.97 bits per heavy atom. The average Bonchev–Trinajstić information content (AvgIpc) is 3.20. The zero-order chi connectivity index (χ0) is 19.8. The minimum Gasteiger partial charge on any atom is -0.234 e. The van der Waals surface area contributed by atoms with Gasteiger partial charge >= 0.3 is 0 Å². The first-order valence-electron chi connectivity index (χ1n) is 9.94. The predicted molar refractivity (Wildman–Crippen MR) is 132 cm³/mol. The first-order chi connectivity index (χ1) is 14.8. The molecule has 1 nitrogen and oxygen atoms in total. The summed E-state index contributed by atoms with van der Waals surface area (Å²) in [6, 6.07) is 30.2. The van der Waals surface area contributed by atoms with Gasteiger partial charge in [0.2, 0.25) is 0 Å². The van der Waals surface area contributed by atoms with Crippen molar-refractivity contribution >= 4 is 86.3 Å². The summed E-state index contributed by atoms with van der Waals surface area (Å²) in [5.74, 6) is 0. The van der Waals surface area contributed by atoms with Crippen molar-refractivity contribution < 1.29 is 0 Å². The fraction of sp³-hybridized carbons (Fsp3) is 0. The average molecular weight is 420 g/mol. The third kappa shape index (κ3) is 2.05. The van der Waals surface area contributed by atoms with E-state index >= 15 is 0 Å². The summed E-state index contributed by atoms with van der Waals surface area (Å²) in [5.41, 5.74) is 0.981. The Morgan fingerprint density at radius 1 is 0.533 bits per heavy atom. The number of halogens is 1. The molecular weight excluding hydrogens is 406 g/mol. The van der Waals surface area contributed by atoms with Crippen molar-refractivity contribution in [2.75, 3.05) is 0 Å². The fourth-order valence-corrected chi connectivity index (χ4v) is 6.38. The molecule has 0 aliphatic carbocycles. The molecule has 0 radical (unpaired) electrons. The van der Waals surface area contributed by atoms with E-state index in [0.29, 0.717) is 5.15 Å². The van der Waals surface area contributed by atoms with Crippen molar-refractivity contribution in [1.82, 2.24) is 4.98 Å². The number of rotatable bonds is 0. The molecule has 3 heteroatoms. The van der Waals surface area contributed by atoms with Crippen LogP contribution in [-0.4, -0.2) is 4.98 Å². The number of hydrogen-bond donors (Lipinski definition) is 0. The van der Waals surface area contributed by atoms with Crippen LogP contribution < -0.4 is 0 Å². The molecule has 0 aliphatic heterocycles. The second kappa shape index (κ2) is 5.91. The number of fused-ring (bicyclic) bond motifs is 12. The second-order valence-electron chi connectivity index (χ2n) is 7.69. The number of benzene rings is 5. The summed E-state index contributed by atoms with van der Waals surface area (Å²) in [4.78, 5) is 4.93. The van der Waals surface area contributed by atoms with Gasteiger partial charge in [-0.3, -0.25) is 0 Å². The zero-order valence-corrected chi connectivity index (χ0v) is 17.4. The van der Waals surface area contributed by atoms with Gasteiger partial charge in [0.15, 0.2) is 0 Å². The van der Waals surface area contributed by atoms with E-state index in [-0.39, 0.29) is 0 Å². The normalized spacial score (nSPS) is 12.2. The van der Waals surface area contributed by atoms with Gasteiger partial charge in [-0.2, -0.15) is 0 Å². The molecule has 0 atom stereocenters. The molecule has 0 N–H and O–H groups in total. The Bertz CT molecular complexity index is 1810. The molecule has 0 spiro atoms. The van der Waals surface area contributed by atoms with Crippen molar-refractivity contribution in [2.45, 2.75) is 0 Å². The van der Waals surface area contributed by atoms with Crippen LogP contribution in [0.4, 0.5) is 0 Å². The monoisotopic (exact) mass is 419 g/mol. The molecule has 5 aromatic carbocycles.